The number of hydrogen-bond donors (Lipinski definition) is 4. The second-order valence-corrected chi connectivity index (χ2v) is 13.4. The van der Waals surface area contributed by atoms with Crippen molar-refractivity contribution in [3.8, 4) is 0 Å². The van der Waals surface area contributed by atoms with E-state index in [1.165, 1.54) is 12.8 Å². The van der Waals surface area contributed by atoms with Gasteiger partial charge in [0.1, 0.15) is 30.5 Å². The molecule has 4 N–H and O–H groups in total. The quantitative estimate of drug-likeness (QED) is 0.0305. The SMILES string of the molecule is CC/C=C\C/C=C\C/C=C\C/C=C\C/C=C\C/C=C\C/C=C\CCCCOCC(COC1OC(CO)C(O)C(O)C1O)OC(=O)CCCCCCCC. The first-order valence-corrected chi connectivity index (χ1v) is 20.2. The summed E-state index contributed by atoms with van der Waals surface area (Å²) >= 11 is 0. The summed E-state index contributed by atoms with van der Waals surface area (Å²) in [5, 5.41) is 39.8. The van der Waals surface area contributed by atoms with Gasteiger partial charge in [0, 0.05) is 13.0 Å². The highest BCUT2D eigenvalue weighted by atomic mass is 16.7. The van der Waals surface area contributed by atoms with Crippen LogP contribution in [0.4, 0.5) is 0 Å². The van der Waals surface area contributed by atoms with Crippen LogP contribution in [0, 0.1) is 0 Å². The standard InChI is InChI=1S/C44H72O9/c1-3-5-7-9-11-12-13-14-15-16-17-18-19-20-21-22-23-24-25-26-27-28-30-32-34-50-36-38(52-40(46)33-31-29-10-8-6-4-2)37-51-44-43(49)42(48)41(47)39(35-45)53-44/h5,7,11-12,14-15,17-18,20-21,23-24,26-27,38-39,41-45,47-49H,3-4,6,8-10,13,16,19,22,25,28-37H2,1-2H3/b7-5-,12-11-,15-14-,18-17-,21-20-,24-23-,27-26-. The molecule has 0 radical (unpaired) electrons. The monoisotopic (exact) mass is 745 g/mol. The Morgan fingerprint density at radius 3 is 1.70 bits per heavy atom. The average molecular weight is 745 g/mol. The van der Waals surface area contributed by atoms with E-state index in [0.29, 0.717) is 13.0 Å². The summed E-state index contributed by atoms with van der Waals surface area (Å²) < 4.78 is 22.5. The van der Waals surface area contributed by atoms with Crippen molar-refractivity contribution in [2.45, 2.75) is 160 Å². The molecule has 1 fully saturated rings. The van der Waals surface area contributed by atoms with Gasteiger partial charge in [-0.3, -0.25) is 4.79 Å². The molecule has 0 aromatic carbocycles. The highest BCUT2D eigenvalue weighted by Gasteiger charge is 2.44. The van der Waals surface area contributed by atoms with Crippen LogP contribution in [0.5, 0.6) is 0 Å². The molecule has 53 heavy (non-hydrogen) atoms. The van der Waals surface area contributed by atoms with Crippen LogP contribution in [0.1, 0.15) is 123 Å². The second kappa shape index (κ2) is 35.1. The van der Waals surface area contributed by atoms with Gasteiger partial charge in [-0.05, 0) is 70.6 Å². The number of carbonyl (C=O) groups excluding carboxylic acids is 1. The highest BCUT2D eigenvalue weighted by Crippen LogP contribution is 2.22. The first-order chi connectivity index (χ1) is 25.9. The highest BCUT2D eigenvalue weighted by molar-refractivity contribution is 5.69. The number of unbranched alkanes of at least 4 members (excludes halogenated alkanes) is 7. The van der Waals surface area contributed by atoms with Crippen LogP contribution in [0.3, 0.4) is 0 Å². The van der Waals surface area contributed by atoms with Gasteiger partial charge in [-0.1, -0.05) is 131 Å². The lowest BCUT2D eigenvalue weighted by Crippen LogP contribution is -2.59. The summed E-state index contributed by atoms with van der Waals surface area (Å²) in [6.45, 7) is 4.23. The van der Waals surface area contributed by atoms with Crippen molar-refractivity contribution in [1.82, 2.24) is 0 Å². The van der Waals surface area contributed by atoms with Crippen LogP contribution in [0.15, 0.2) is 85.1 Å². The van der Waals surface area contributed by atoms with Crippen molar-refractivity contribution in [3.05, 3.63) is 85.1 Å². The van der Waals surface area contributed by atoms with Gasteiger partial charge in [0.25, 0.3) is 0 Å². The van der Waals surface area contributed by atoms with Gasteiger partial charge in [-0.2, -0.15) is 0 Å². The van der Waals surface area contributed by atoms with Gasteiger partial charge in [0.15, 0.2) is 6.29 Å². The zero-order valence-electron chi connectivity index (χ0n) is 32.7. The van der Waals surface area contributed by atoms with Gasteiger partial charge in [0.05, 0.1) is 19.8 Å². The number of esters is 1. The van der Waals surface area contributed by atoms with Crippen molar-refractivity contribution < 1.29 is 44.2 Å². The molecule has 1 saturated heterocycles. The van der Waals surface area contributed by atoms with Crippen LogP contribution in [-0.4, -0.2) is 89.6 Å². The minimum atomic E-state index is -1.55. The molecule has 1 aliphatic rings. The van der Waals surface area contributed by atoms with Crippen molar-refractivity contribution in [3.63, 3.8) is 0 Å². The van der Waals surface area contributed by atoms with E-state index in [1.54, 1.807) is 0 Å². The lowest BCUT2D eigenvalue weighted by atomic mass is 9.99. The Morgan fingerprint density at radius 1 is 0.623 bits per heavy atom. The summed E-state index contributed by atoms with van der Waals surface area (Å²) in [6.07, 6.45) is 39.3. The maximum absolute atomic E-state index is 12.6. The van der Waals surface area contributed by atoms with Crippen molar-refractivity contribution in [2.75, 3.05) is 26.4 Å². The first-order valence-electron chi connectivity index (χ1n) is 20.2. The maximum Gasteiger partial charge on any atom is 0.306 e. The molecule has 0 amide bonds. The van der Waals surface area contributed by atoms with E-state index in [1.807, 2.05) is 0 Å². The van der Waals surface area contributed by atoms with Crippen LogP contribution in [0.25, 0.3) is 0 Å². The summed E-state index contributed by atoms with van der Waals surface area (Å²) in [7, 11) is 0. The Labute approximate surface area is 320 Å². The van der Waals surface area contributed by atoms with Gasteiger partial charge in [0.2, 0.25) is 0 Å². The molecule has 6 unspecified atom stereocenters. The molecule has 0 bridgehead atoms. The Balaban J connectivity index is 2.26. The predicted octanol–water partition coefficient (Wildman–Crippen LogP) is 8.30. The molecular weight excluding hydrogens is 672 g/mol. The smallest absolute Gasteiger partial charge is 0.306 e. The molecule has 9 nitrogen and oxygen atoms in total. The van der Waals surface area contributed by atoms with Gasteiger partial charge >= 0.3 is 5.97 Å². The third kappa shape index (κ3) is 26.7. The van der Waals surface area contributed by atoms with Crippen LogP contribution >= 0.6 is 0 Å². The number of aliphatic hydroxyl groups is 4. The third-order valence-corrected chi connectivity index (χ3v) is 8.58. The Kier molecular flexibility index (Phi) is 32.0. The maximum atomic E-state index is 12.6. The van der Waals surface area contributed by atoms with Crippen LogP contribution in [0.2, 0.25) is 0 Å². The van der Waals surface area contributed by atoms with Crippen molar-refractivity contribution in [2.24, 2.45) is 0 Å². The molecule has 9 heteroatoms. The lowest BCUT2D eigenvalue weighted by molar-refractivity contribution is -0.305. The van der Waals surface area contributed by atoms with Crippen molar-refractivity contribution >= 4 is 5.97 Å². The topological polar surface area (TPSA) is 135 Å². The van der Waals surface area contributed by atoms with Crippen LogP contribution < -0.4 is 0 Å². The second-order valence-electron chi connectivity index (χ2n) is 13.4. The van der Waals surface area contributed by atoms with Gasteiger partial charge in [-0.15, -0.1) is 0 Å². The van der Waals surface area contributed by atoms with Crippen molar-refractivity contribution in [1.29, 1.82) is 0 Å². The number of carbonyl (C=O) groups is 1. The molecule has 302 valence electrons. The molecule has 1 rings (SSSR count). The summed E-state index contributed by atoms with van der Waals surface area (Å²) in [4.78, 5) is 12.6. The fourth-order valence-electron chi connectivity index (χ4n) is 5.41. The number of hydrogen-bond acceptors (Lipinski definition) is 9. The molecule has 0 aromatic rings. The average Bonchev–Trinajstić information content (AvgIpc) is 3.16. The largest absolute Gasteiger partial charge is 0.457 e. The van der Waals surface area contributed by atoms with Gasteiger partial charge < -0.3 is 39.4 Å². The summed E-state index contributed by atoms with van der Waals surface area (Å²) in [6, 6.07) is 0. The molecule has 6 atom stereocenters. The first kappa shape index (κ1) is 48.4. The Morgan fingerprint density at radius 2 is 1.15 bits per heavy atom. The molecule has 0 aromatic heterocycles. The van der Waals surface area contributed by atoms with E-state index in [0.717, 1.165) is 89.9 Å². The number of aliphatic hydroxyl groups excluding tert-OH is 4. The molecule has 1 heterocycles. The predicted molar refractivity (Wildman–Crippen MR) is 214 cm³/mol. The van der Waals surface area contributed by atoms with E-state index in [9.17, 15) is 25.2 Å². The Bertz CT molecular complexity index is 1070. The molecule has 0 saturated carbocycles. The van der Waals surface area contributed by atoms with E-state index in [-0.39, 0.29) is 19.2 Å². The van der Waals surface area contributed by atoms with Gasteiger partial charge in [-0.25, -0.2) is 0 Å². The third-order valence-electron chi connectivity index (χ3n) is 8.58. The van der Waals surface area contributed by atoms with E-state index in [2.05, 4.69) is 98.9 Å². The normalized spacial score (nSPS) is 22.0. The molecule has 1 aliphatic heterocycles. The lowest BCUT2D eigenvalue weighted by Gasteiger charge is -2.39. The number of allylic oxidation sites excluding steroid dienone is 14. The molecular formula is C44H72O9. The fourth-order valence-corrected chi connectivity index (χ4v) is 5.41. The summed E-state index contributed by atoms with van der Waals surface area (Å²) in [5.74, 6) is -0.344. The van der Waals surface area contributed by atoms with E-state index >= 15 is 0 Å². The number of ether oxygens (including phenoxy) is 4. The molecule has 0 aliphatic carbocycles. The zero-order valence-corrected chi connectivity index (χ0v) is 32.7. The summed E-state index contributed by atoms with van der Waals surface area (Å²) in [5.41, 5.74) is 0. The minimum absolute atomic E-state index is 0.109. The zero-order chi connectivity index (χ0) is 38.6. The number of rotatable bonds is 32. The molecule has 0 spiro atoms. The van der Waals surface area contributed by atoms with E-state index in [4.69, 9.17) is 18.9 Å². The fraction of sp³-hybridized carbons (Fsp3) is 0.659. The minimum Gasteiger partial charge on any atom is -0.457 e. The van der Waals surface area contributed by atoms with Crippen LogP contribution in [-0.2, 0) is 23.7 Å². The van der Waals surface area contributed by atoms with E-state index < -0.39 is 43.4 Å². The Hall–Kier alpha value is -2.63.